The highest BCUT2D eigenvalue weighted by Gasteiger charge is 2.18. The maximum atomic E-state index is 11.1. The minimum atomic E-state index is -0.915. The highest BCUT2D eigenvalue weighted by molar-refractivity contribution is 5.78. The van der Waals surface area contributed by atoms with Crippen LogP contribution in [0.15, 0.2) is 0 Å². The third-order valence-corrected chi connectivity index (χ3v) is 1.82. The van der Waals surface area contributed by atoms with Crippen LogP contribution in [-0.4, -0.2) is 36.7 Å². The van der Waals surface area contributed by atoms with E-state index in [1.54, 1.807) is 0 Å². The molecule has 1 atom stereocenters. The number of hydrogen-bond acceptors (Lipinski definition) is 3. The number of carboxylic acids is 1. The molecule has 0 rings (SSSR count). The molecule has 0 spiro atoms. The Hall–Kier alpha value is -1.10. The fourth-order valence-corrected chi connectivity index (χ4v) is 1.02. The summed E-state index contributed by atoms with van der Waals surface area (Å²) in [5.41, 5.74) is 0. The van der Waals surface area contributed by atoms with Crippen LogP contribution in [0, 0.1) is 5.92 Å². The van der Waals surface area contributed by atoms with Crippen molar-refractivity contribution in [2.24, 2.45) is 5.92 Å². The van der Waals surface area contributed by atoms with Gasteiger partial charge in [-0.05, 0) is 5.92 Å². The third kappa shape index (κ3) is 5.53. The molecule has 0 aliphatic carbocycles. The van der Waals surface area contributed by atoms with Crippen molar-refractivity contribution >= 4 is 11.9 Å². The Bertz CT molecular complexity index is 203. The van der Waals surface area contributed by atoms with Crippen LogP contribution in [0.1, 0.15) is 20.3 Å². The second-order valence-electron chi connectivity index (χ2n) is 3.45. The molecular formula is C9H17NO4. The molecule has 1 unspecified atom stereocenters. The normalized spacial score (nSPS) is 12.6. The van der Waals surface area contributed by atoms with E-state index < -0.39 is 5.97 Å². The minimum absolute atomic E-state index is 0.0389. The molecule has 5 nitrogen and oxygen atoms in total. The Morgan fingerprint density at radius 2 is 2.00 bits per heavy atom. The summed E-state index contributed by atoms with van der Waals surface area (Å²) in [5, 5.41) is 11.2. The molecule has 0 aliphatic heterocycles. The second kappa shape index (κ2) is 6.37. The third-order valence-electron chi connectivity index (χ3n) is 1.82. The van der Waals surface area contributed by atoms with E-state index in [1.165, 1.54) is 7.11 Å². The highest BCUT2D eigenvalue weighted by atomic mass is 16.5. The van der Waals surface area contributed by atoms with Crippen molar-refractivity contribution in [2.75, 3.05) is 13.7 Å². The second-order valence-corrected chi connectivity index (χ2v) is 3.45. The molecule has 0 aromatic heterocycles. The summed E-state index contributed by atoms with van der Waals surface area (Å²) in [6, 6.07) is -0.338. The Labute approximate surface area is 83.4 Å². The van der Waals surface area contributed by atoms with Crippen molar-refractivity contribution in [3.8, 4) is 0 Å². The van der Waals surface area contributed by atoms with E-state index in [4.69, 9.17) is 5.11 Å². The minimum Gasteiger partial charge on any atom is -0.481 e. The first-order valence-electron chi connectivity index (χ1n) is 4.47. The fraction of sp³-hybridized carbons (Fsp3) is 0.778. The topological polar surface area (TPSA) is 75.6 Å². The molecule has 0 radical (unpaired) electrons. The zero-order valence-electron chi connectivity index (χ0n) is 8.74. The molecule has 14 heavy (non-hydrogen) atoms. The van der Waals surface area contributed by atoms with Crippen molar-refractivity contribution in [3.05, 3.63) is 0 Å². The molecule has 2 N–H and O–H groups in total. The monoisotopic (exact) mass is 203 g/mol. The van der Waals surface area contributed by atoms with Crippen LogP contribution in [0.25, 0.3) is 0 Å². The van der Waals surface area contributed by atoms with Gasteiger partial charge in [-0.1, -0.05) is 13.8 Å². The first-order chi connectivity index (χ1) is 6.47. The lowest BCUT2D eigenvalue weighted by atomic mass is 10.0. The smallest absolute Gasteiger partial charge is 0.305 e. The number of ether oxygens (including phenoxy) is 1. The van der Waals surface area contributed by atoms with Crippen LogP contribution < -0.4 is 5.32 Å². The van der Waals surface area contributed by atoms with Gasteiger partial charge >= 0.3 is 5.97 Å². The fourth-order valence-electron chi connectivity index (χ4n) is 1.02. The molecule has 5 heteroatoms. The van der Waals surface area contributed by atoms with Crippen LogP contribution in [-0.2, 0) is 14.3 Å². The van der Waals surface area contributed by atoms with Crippen molar-refractivity contribution in [2.45, 2.75) is 26.3 Å². The predicted octanol–water partition coefficient (Wildman–Crippen LogP) is 0.248. The summed E-state index contributed by atoms with van der Waals surface area (Å²) in [6.45, 7) is 3.68. The number of rotatable bonds is 6. The summed E-state index contributed by atoms with van der Waals surface area (Å²) in [7, 11) is 1.42. The Balaban J connectivity index is 4.09. The van der Waals surface area contributed by atoms with E-state index >= 15 is 0 Å². The number of carbonyl (C=O) groups excluding carboxylic acids is 1. The molecule has 0 saturated heterocycles. The van der Waals surface area contributed by atoms with Gasteiger partial charge in [-0.15, -0.1) is 0 Å². The number of methoxy groups -OCH3 is 1. The van der Waals surface area contributed by atoms with Crippen molar-refractivity contribution in [3.63, 3.8) is 0 Å². The van der Waals surface area contributed by atoms with E-state index in [-0.39, 0.29) is 30.9 Å². The molecule has 0 heterocycles. The summed E-state index contributed by atoms with van der Waals surface area (Å²) in [4.78, 5) is 21.6. The largest absolute Gasteiger partial charge is 0.481 e. The van der Waals surface area contributed by atoms with E-state index in [0.29, 0.717) is 0 Å². The van der Waals surface area contributed by atoms with Crippen LogP contribution in [0.2, 0.25) is 0 Å². The average molecular weight is 203 g/mol. The number of nitrogens with one attached hydrogen (secondary N) is 1. The van der Waals surface area contributed by atoms with E-state index in [0.717, 1.165) is 0 Å². The lowest BCUT2D eigenvalue weighted by molar-refractivity contribution is -0.138. The zero-order chi connectivity index (χ0) is 11.1. The van der Waals surface area contributed by atoms with Crippen molar-refractivity contribution < 1.29 is 19.4 Å². The Kier molecular flexibility index (Phi) is 5.87. The first kappa shape index (κ1) is 12.9. The van der Waals surface area contributed by atoms with E-state index in [2.05, 4.69) is 10.1 Å². The molecule has 0 fully saturated rings. The van der Waals surface area contributed by atoms with Gasteiger partial charge < -0.3 is 15.2 Å². The number of aliphatic carboxylic acids is 1. The van der Waals surface area contributed by atoms with Gasteiger partial charge in [-0.25, -0.2) is 0 Å². The zero-order valence-corrected chi connectivity index (χ0v) is 8.74. The number of amides is 1. The number of carbonyl (C=O) groups is 2. The summed E-state index contributed by atoms with van der Waals surface area (Å²) in [6.07, 6.45) is -0.0624. The predicted molar refractivity (Wildman–Crippen MR) is 50.9 cm³/mol. The maximum Gasteiger partial charge on any atom is 0.305 e. The van der Waals surface area contributed by atoms with E-state index in [9.17, 15) is 9.59 Å². The molecule has 82 valence electrons. The molecule has 0 aliphatic rings. The standard InChI is InChI=1S/C9H17NO4/c1-6(2)7(4-9(12)13)10-8(11)5-14-3/h6-7H,4-5H2,1-3H3,(H,10,11)(H,12,13). The summed E-state index contributed by atoms with van der Waals surface area (Å²) in [5.74, 6) is -1.11. The van der Waals surface area contributed by atoms with Crippen molar-refractivity contribution in [1.29, 1.82) is 0 Å². The van der Waals surface area contributed by atoms with Crippen LogP contribution in [0.3, 0.4) is 0 Å². The first-order valence-corrected chi connectivity index (χ1v) is 4.47. The maximum absolute atomic E-state index is 11.1. The number of hydrogen-bond donors (Lipinski definition) is 2. The SMILES string of the molecule is COCC(=O)NC(CC(=O)O)C(C)C. The molecular weight excluding hydrogens is 186 g/mol. The van der Waals surface area contributed by atoms with Gasteiger partial charge in [0.15, 0.2) is 0 Å². The molecule has 0 saturated carbocycles. The van der Waals surface area contributed by atoms with Gasteiger partial charge in [0.05, 0.1) is 6.42 Å². The summed E-state index contributed by atoms with van der Waals surface area (Å²) >= 11 is 0. The van der Waals surface area contributed by atoms with Gasteiger partial charge in [0.2, 0.25) is 5.91 Å². The average Bonchev–Trinajstić information content (AvgIpc) is 2.02. The Morgan fingerprint density at radius 1 is 1.43 bits per heavy atom. The van der Waals surface area contributed by atoms with Gasteiger partial charge in [0.25, 0.3) is 0 Å². The van der Waals surface area contributed by atoms with Gasteiger partial charge in [0.1, 0.15) is 6.61 Å². The van der Waals surface area contributed by atoms with E-state index in [1.807, 2.05) is 13.8 Å². The molecule has 1 amide bonds. The van der Waals surface area contributed by atoms with Crippen LogP contribution in [0.4, 0.5) is 0 Å². The van der Waals surface area contributed by atoms with Gasteiger partial charge in [0, 0.05) is 13.2 Å². The van der Waals surface area contributed by atoms with Crippen molar-refractivity contribution in [1.82, 2.24) is 5.32 Å². The quantitative estimate of drug-likeness (QED) is 0.648. The lowest BCUT2D eigenvalue weighted by Crippen LogP contribution is -2.41. The van der Waals surface area contributed by atoms with Crippen LogP contribution >= 0.6 is 0 Å². The summed E-state index contributed by atoms with van der Waals surface area (Å²) < 4.78 is 4.63. The highest BCUT2D eigenvalue weighted by Crippen LogP contribution is 2.05. The molecule has 0 aromatic rings. The van der Waals surface area contributed by atoms with Gasteiger partial charge in [-0.3, -0.25) is 9.59 Å². The van der Waals surface area contributed by atoms with Crippen LogP contribution in [0.5, 0.6) is 0 Å². The lowest BCUT2D eigenvalue weighted by Gasteiger charge is -2.20. The number of carboxylic acid groups (broad SMARTS) is 1. The molecule has 0 aromatic carbocycles. The van der Waals surface area contributed by atoms with Gasteiger partial charge in [-0.2, -0.15) is 0 Å². The Morgan fingerprint density at radius 3 is 2.36 bits per heavy atom. The molecule has 0 bridgehead atoms.